The van der Waals surface area contributed by atoms with Crippen LogP contribution in [0.2, 0.25) is 0 Å². The summed E-state index contributed by atoms with van der Waals surface area (Å²) >= 11 is 0. The first-order valence-corrected chi connectivity index (χ1v) is 4.66. The van der Waals surface area contributed by atoms with Crippen LogP contribution in [-0.4, -0.2) is 27.2 Å². The SMILES string of the molecule is COc1ccccc1CC(N)(OC)OC. The molecule has 0 heterocycles. The molecule has 0 unspecified atom stereocenters. The first-order chi connectivity index (χ1) is 7.15. The summed E-state index contributed by atoms with van der Waals surface area (Å²) < 4.78 is 15.4. The van der Waals surface area contributed by atoms with Crippen LogP contribution in [0.5, 0.6) is 5.75 Å². The van der Waals surface area contributed by atoms with Crippen molar-refractivity contribution in [2.24, 2.45) is 5.73 Å². The predicted octanol–water partition coefficient (Wildman–Crippen LogP) is 1.14. The second kappa shape index (κ2) is 5.11. The smallest absolute Gasteiger partial charge is 0.228 e. The lowest BCUT2D eigenvalue weighted by molar-refractivity contribution is -0.201. The quantitative estimate of drug-likeness (QED) is 0.742. The van der Waals surface area contributed by atoms with Crippen LogP contribution in [-0.2, 0) is 15.9 Å². The predicted molar refractivity (Wildman–Crippen MR) is 57.6 cm³/mol. The van der Waals surface area contributed by atoms with Crippen LogP contribution in [0.15, 0.2) is 24.3 Å². The molecule has 0 saturated heterocycles. The topological polar surface area (TPSA) is 53.7 Å². The Kier molecular flexibility index (Phi) is 4.08. The summed E-state index contributed by atoms with van der Waals surface area (Å²) in [6.07, 6.45) is 0.435. The van der Waals surface area contributed by atoms with E-state index < -0.39 is 5.91 Å². The van der Waals surface area contributed by atoms with E-state index in [4.69, 9.17) is 19.9 Å². The van der Waals surface area contributed by atoms with Gasteiger partial charge in [0.05, 0.1) is 7.11 Å². The monoisotopic (exact) mass is 211 g/mol. The minimum atomic E-state index is -1.10. The Morgan fingerprint density at radius 1 is 1.13 bits per heavy atom. The van der Waals surface area contributed by atoms with Crippen molar-refractivity contribution in [2.75, 3.05) is 21.3 Å². The Labute approximate surface area is 89.9 Å². The largest absolute Gasteiger partial charge is 0.496 e. The van der Waals surface area contributed by atoms with Crippen LogP contribution in [0.25, 0.3) is 0 Å². The fraction of sp³-hybridized carbons (Fsp3) is 0.455. The van der Waals surface area contributed by atoms with Crippen LogP contribution in [0.1, 0.15) is 5.56 Å². The molecule has 84 valence electrons. The number of para-hydroxylation sites is 1. The standard InChI is InChI=1S/C11H17NO3/c1-13-10-7-5-4-6-9(10)8-11(12,14-2)15-3/h4-7H,8,12H2,1-3H3. The Morgan fingerprint density at radius 2 is 1.73 bits per heavy atom. The molecule has 0 spiro atoms. The summed E-state index contributed by atoms with van der Waals surface area (Å²) in [7, 11) is 4.65. The van der Waals surface area contributed by atoms with Gasteiger partial charge in [-0.15, -0.1) is 0 Å². The molecule has 1 aromatic carbocycles. The van der Waals surface area contributed by atoms with Gasteiger partial charge in [-0.1, -0.05) is 18.2 Å². The summed E-state index contributed by atoms with van der Waals surface area (Å²) in [5, 5.41) is 0. The van der Waals surface area contributed by atoms with Gasteiger partial charge in [0, 0.05) is 26.2 Å². The molecular formula is C11H17NO3. The lowest BCUT2D eigenvalue weighted by atomic mass is 10.1. The van der Waals surface area contributed by atoms with E-state index in [1.165, 1.54) is 14.2 Å². The van der Waals surface area contributed by atoms with Crippen LogP contribution < -0.4 is 10.5 Å². The highest BCUT2D eigenvalue weighted by Crippen LogP contribution is 2.22. The number of nitrogens with two attached hydrogens (primary N) is 1. The molecule has 0 aliphatic rings. The van der Waals surface area contributed by atoms with Gasteiger partial charge in [0.25, 0.3) is 0 Å². The third kappa shape index (κ3) is 2.92. The normalized spacial score (nSPS) is 11.5. The van der Waals surface area contributed by atoms with Crippen molar-refractivity contribution in [3.63, 3.8) is 0 Å². The third-order valence-electron chi connectivity index (χ3n) is 2.32. The number of hydrogen-bond acceptors (Lipinski definition) is 4. The molecule has 0 aliphatic carbocycles. The van der Waals surface area contributed by atoms with E-state index in [1.54, 1.807) is 7.11 Å². The van der Waals surface area contributed by atoms with Crippen molar-refractivity contribution in [1.29, 1.82) is 0 Å². The lowest BCUT2D eigenvalue weighted by Gasteiger charge is -2.26. The number of methoxy groups -OCH3 is 3. The molecule has 0 amide bonds. The van der Waals surface area contributed by atoms with Crippen molar-refractivity contribution in [3.05, 3.63) is 29.8 Å². The molecule has 4 heteroatoms. The minimum absolute atomic E-state index is 0.435. The maximum absolute atomic E-state index is 5.85. The van der Waals surface area contributed by atoms with Gasteiger partial charge in [0.1, 0.15) is 5.75 Å². The number of ether oxygens (including phenoxy) is 3. The lowest BCUT2D eigenvalue weighted by Crippen LogP contribution is -2.45. The average Bonchev–Trinajstić information content (AvgIpc) is 2.29. The van der Waals surface area contributed by atoms with Gasteiger partial charge < -0.3 is 14.2 Å². The van der Waals surface area contributed by atoms with E-state index in [-0.39, 0.29) is 0 Å². The zero-order valence-corrected chi connectivity index (χ0v) is 9.32. The Morgan fingerprint density at radius 3 is 2.27 bits per heavy atom. The summed E-state index contributed by atoms with van der Waals surface area (Å²) in [6.45, 7) is 0. The van der Waals surface area contributed by atoms with Crippen molar-refractivity contribution < 1.29 is 14.2 Å². The molecule has 1 aromatic rings. The molecule has 2 N–H and O–H groups in total. The summed E-state index contributed by atoms with van der Waals surface area (Å²) in [5.74, 6) is -0.323. The Bertz CT molecular complexity index is 310. The van der Waals surface area contributed by atoms with Gasteiger partial charge in [0.15, 0.2) is 0 Å². The van der Waals surface area contributed by atoms with Gasteiger partial charge in [0.2, 0.25) is 5.91 Å². The molecule has 0 aliphatic heterocycles. The van der Waals surface area contributed by atoms with Gasteiger partial charge in [-0.05, 0) is 6.07 Å². The maximum Gasteiger partial charge on any atom is 0.228 e. The van der Waals surface area contributed by atoms with E-state index in [2.05, 4.69) is 0 Å². The fourth-order valence-electron chi connectivity index (χ4n) is 1.34. The molecule has 15 heavy (non-hydrogen) atoms. The van der Waals surface area contributed by atoms with Crippen LogP contribution >= 0.6 is 0 Å². The zero-order chi connectivity index (χ0) is 11.3. The highest BCUT2D eigenvalue weighted by atomic mass is 16.7. The van der Waals surface area contributed by atoms with Crippen LogP contribution in [0, 0.1) is 0 Å². The average molecular weight is 211 g/mol. The van der Waals surface area contributed by atoms with E-state index >= 15 is 0 Å². The van der Waals surface area contributed by atoms with Gasteiger partial charge in [-0.25, -0.2) is 0 Å². The molecule has 0 saturated carbocycles. The number of rotatable bonds is 5. The van der Waals surface area contributed by atoms with Crippen LogP contribution in [0.3, 0.4) is 0 Å². The van der Waals surface area contributed by atoms with Crippen molar-refractivity contribution in [3.8, 4) is 5.75 Å². The second-order valence-corrected chi connectivity index (χ2v) is 3.21. The van der Waals surface area contributed by atoms with E-state index in [1.807, 2.05) is 24.3 Å². The Balaban J connectivity index is 2.87. The van der Waals surface area contributed by atoms with Gasteiger partial charge in [-0.2, -0.15) is 0 Å². The molecule has 0 bridgehead atoms. The van der Waals surface area contributed by atoms with E-state index in [9.17, 15) is 0 Å². The zero-order valence-electron chi connectivity index (χ0n) is 9.32. The van der Waals surface area contributed by atoms with Crippen LogP contribution in [0.4, 0.5) is 0 Å². The molecule has 0 aromatic heterocycles. The third-order valence-corrected chi connectivity index (χ3v) is 2.32. The summed E-state index contributed by atoms with van der Waals surface area (Å²) in [5.41, 5.74) is 6.80. The fourth-order valence-corrected chi connectivity index (χ4v) is 1.34. The van der Waals surface area contributed by atoms with Gasteiger partial charge in [-0.3, -0.25) is 5.73 Å². The second-order valence-electron chi connectivity index (χ2n) is 3.21. The summed E-state index contributed by atoms with van der Waals surface area (Å²) in [6, 6.07) is 7.63. The summed E-state index contributed by atoms with van der Waals surface area (Å²) in [4.78, 5) is 0. The van der Waals surface area contributed by atoms with Crippen molar-refractivity contribution in [1.82, 2.24) is 0 Å². The maximum atomic E-state index is 5.85. The first kappa shape index (κ1) is 12.0. The molecule has 4 nitrogen and oxygen atoms in total. The van der Waals surface area contributed by atoms with Gasteiger partial charge >= 0.3 is 0 Å². The first-order valence-electron chi connectivity index (χ1n) is 4.66. The molecule has 0 atom stereocenters. The highest BCUT2D eigenvalue weighted by molar-refractivity contribution is 5.33. The van der Waals surface area contributed by atoms with E-state index in [0.29, 0.717) is 6.42 Å². The van der Waals surface area contributed by atoms with Crippen molar-refractivity contribution >= 4 is 0 Å². The van der Waals surface area contributed by atoms with E-state index in [0.717, 1.165) is 11.3 Å². The highest BCUT2D eigenvalue weighted by Gasteiger charge is 2.25. The van der Waals surface area contributed by atoms with Crippen molar-refractivity contribution in [2.45, 2.75) is 12.3 Å². The minimum Gasteiger partial charge on any atom is -0.496 e. The molecule has 0 fully saturated rings. The molecule has 1 rings (SSSR count). The molecule has 0 radical (unpaired) electrons. The molecular weight excluding hydrogens is 194 g/mol. The number of benzene rings is 1. The Hall–Kier alpha value is -1.10. The number of hydrogen-bond donors (Lipinski definition) is 1.